The molecule has 1 aromatic rings. The molecule has 7 heteroatoms. The molecular weight excluding hydrogens is 280 g/mol. The minimum atomic E-state index is -3.02. The van der Waals surface area contributed by atoms with Gasteiger partial charge in [-0.2, -0.15) is 0 Å². The summed E-state index contributed by atoms with van der Waals surface area (Å²) in [5.74, 6) is -0.498. The van der Waals surface area contributed by atoms with Gasteiger partial charge in [0.25, 0.3) is 0 Å². The standard InChI is InChI=1S/C13H18N2O4S/c1-8-6-9(2)14-12(11(8)13(16)17)15(3)10-4-5-20(18,19)7-10/h6,10H,4-5,7H2,1-3H3,(H,16,17). The van der Waals surface area contributed by atoms with Gasteiger partial charge in [-0.05, 0) is 31.9 Å². The molecule has 0 radical (unpaired) electrons. The highest BCUT2D eigenvalue weighted by molar-refractivity contribution is 7.91. The molecule has 1 saturated heterocycles. The average Bonchev–Trinajstić information content (AvgIpc) is 2.67. The summed E-state index contributed by atoms with van der Waals surface area (Å²) in [6.45, 7) is 3.52. The van der Waals surface area contributed by atoms with Crippen LogP contribution in [0, 0.1) is 13.8 Å². The summed E-state index contributed by atoms with van der Waals surface area (Å²) in [7, 11) is -1.31. The van der Waals surface area contributed by atoms with Gasteiger partial charge in [-0.15, -0.1) is 0 Å². The Labute approximate surface area is 118 Å². The number of sulfone groups is 1. The molecule has 0 bridgehead atoms. The first-order chi connectivity index (χ1) is 9.21. The summed E-state index contributed by atoms with van der Waals surface area (Å²) in [6, 6.07) is 1.50. The minimum absolute atomic E-state index is 0.0528. The highest BCUT2D eigenvalue weighted by Gasteiger charge is 2.33. The van der Waals surface area contributed by atoms with Crippen molar-refractivity contribution < 1.29 is 18.3 Å². The van der Waals surface area contributed by atoms with Crippen molar-refractivity contribution in [1.29, 1.82) is 0 Å². The second-order valence-corrected chi connectivity index (χ2v) is 7.48. The molecule has 20 heavy (non-hydrogen) atoms. The third-order valence-corrected chi connectivity index (χ3v) is 5.38. The lowest BCUT2D eigenvalue weighted by atomic mass is 10.1. The summed E-state index contributed by atoms with van der Waals surface area (Å²) in [6.07, 6.45) is 0.507. The number of carbonyl (C=O) groups is 1. The van der Waals surface area contributed by atoms with Gasteiger partial charge in [-0.3, -0.25) is 0 Å². The van der Waals surface area contributed by atoms with Gasteiger partial charge in [0.05, 0.1) is 11.5 Å². The second kappa shape index (κ2) is 5.05. The van der Waals surface area contributed by atoms with E-state index in [2.05, 4.69) is 4.98 Å². The second-order valence-electron chi connectivity index (χ2n) is 5.25. The van der Waals surface area contributed by atoms with Crippen molar-refractivity contribution in [1.82, 2.24) is 4.98 Å². The molecule has 0 amide bonds. The van der Waals surface area contributed by atoms with E-state index >= 15 is 0 Å². The average molecular weight is 298 g/mol. The summed E-state index contributed by atoms with van der Waals surface area (Å²) in [4.78, 5) is 17.4. The van der Waals surface area contributed by atoms with Crippen molar-refractivity contribution in [3.8, 4) is 0 Å². The number of hydrogen-bond donors (Lipinski definition) is 1. The van der Waals surface area contributed by atoms with Crippen molar-refractivity contribution in [2.75, 3.05) is 23.5 Å². The highest BCUT2D eigenvalue weighted by Crippen LogP contribution is 2.27. The largest absolute Gasteiger partial charge is 0.478 e. The normalized spacial score (nSPS) is 20.9. The number of nitrogens with zero attached hydrogens (tertiary/aromatic N) is 2. The molecule has 0 aromatic carbocycles. The van der Waals surface area contributed by atoms with Gasteiger partial charge in [-0.25, -0.2) is 18.2 Å². The molecule has 110 valence electrons. The molecular formula is C13H18N2O4S. The van der Waals surface area contributed by atoms with Gasteiger partial charge in [0, 0.05) is 18.8 Å². The number of anilines is 1. The van der Waals surface area contributed by atoms with Gasteiger partial charge in [0.15, 0.2) is 9.84 Å². The minimum Gasteiger partial charge on any atom is -0.478 e. The Hall–Kier alpha value is -1.63. The smallest absolute Gasteiger partial charge is 0.339 e. The number of aromatic nitrogens is 1. The van der Waals surface area contributed by atoms with Crippen LogP contribution < -0.4 is 4.90 Å². The molecule has 1 aliphatic heterocycles. The number of rotatable bonds is 3. The first-order valence-electron chi connectivity index (χ1n) is 6.36. The molecule has 1 unspecified atom stereocenters. The first kappa shape index (κ1) is 14.8. The fourth-order valence-electron chi connectivity index (χ4n) is 2.59. The number of hydrogen-bond acceptors (Lipinski definition) is 5. The fourth-order valence-corrected chi connectivity index (χ4v) is 4.36. The number of carboxylic acids is 1. The number of pyridine rings is 1. The van der Waals surface area contributed by atoms with Crippen LogP contribution in [0.5, 0.6) is 0 Å². The molecule has 1 fully saturated rings. The van der Waals surface area contributed by atoms with Crippen LogP contribution in [0.25, 0.3) is 0 Å². The third kappa shape index (κ3) is 2.77. The molecule has 1 N–H and O–H groups in total. The van der Waals surface area contributed by atoms with Crippen molar-refractivity contribution in [3.63, 3.8) is 0 Å². The zero-order chi connectivity index (χ0) is 15.1. The third-order valence-electron chi connectivity index (χ3n) is 3.63. The van der Waals surface area contributed by atoms with Crippen LogP contribution >= 0.6 is 0 Å². The molecule has 0 aliphatic carbocycles. The Morgan fingerprint density at radius 1 is 1.45 bits per heavy atom. The highest BCUT2D eigenvalue weighted by atomic mass is 32.2. The van der Waals surface area contributed by atoms with E-state index in [1.165, 1.54) is 0 Å². The number of aromatic carboxylic acids is 1. The van der Waals surface area contributed by atoms with E-state index in [1.54, 1.807) is 31.9 Å². The molecule has 0 saturated carbocycles. The lowest BCUT2D eigenvalue weighted by molar-refractivity contribution is 0.0696. The van der Waals surface area contributed by atoms with Crippen LogP contribution in [0.2, 0.25) is 0 Å². The fraction of sp³-hybridized carbons (Fsp3) is 0.538. The molecule has 6 nitrogen and oxygen atoms in total. The maximum atomic E-state index is 11.6. The van der Waals surface area contributed by atoms with Crippen LogP contribution in [0.4, 0.5) is 5.82 Å². The molecule has 1 aliphatic rings. The lowest BCUT2D eigenvalue weighted by Gasteiger charge is -2.26. The Balaban J connectivity index is 2.44. The molecule has 0 spiro atoms. The van der Waals surface area contributed by atoms with Gasteiger partial charge in [0.1, 0.15) is 11.4 Å². The molecule has 2 rings (SSSR count). The maximum Gasteiger partial charge on any atom is 0.339 e. The van der Waals surface area contributed by atoms with Crippen LogP contribution in [0.1, 0.15) is 28.0 Å². The van der Waals surface area contributed by atoms with E-state index in [1.807, 2.05) is 0 Å². The van der Waals surface area contributed by atoms with Crippen LogP contribution in [0.15, 0.2) is 6.07 Å². The Morgan fingerprint density at radius 3 is 2.60 bits per heavy atom. The van der Waals surface area contributed by atoms with Gasteiger partial charge < -0.3 is 10.0 Å². The quantitative estimate of drug-likeness (QED) is 0.896. The van der Waals surface area contributed by atoms with Crippen LogP contribution in [-0.2, 0) is 9.84 Å². The van der Waals surface area contributed by atoms with Crippen molar-refractivity contribution in [2.45, 2.75) is 26.3 Å². The predicted octanol–water partition coefficient (Wildman–Crippen LogP) is 1.02. The van der Waals surface area contributed by atoms with Gasteiger partial charge >= 0.3 is 5.97 Å². The van der Waals surface area contributed by atoms with E-state index in [4.69, 9.17) is 0 Å². The van der Waals surface area contributed by atoms with E-state index < -0.39 is 15.8 Å². The van der Waals surface area contributed by atoms with Crippen molar-refractivity contribution in [2.24, 2.45) is 0 Å². The van der Waals surface area contributed by atoms with E-state index in [0.717, 1.165) is 5.69 Å². The van der Waals surface area contributed by atoms with Crippen LogP contribution in [0.3, 0.4) is 0 Å². The monoisotopic (exact) mass is 298 g/mol. The van der Waals surface area contributed by atoms with Gasteiger partial charge in [0.2, 0.25) is 0 Å². The van der Waals surface area contributed by atoms with E-state index in [0.29, 0.717) is 17.8 Å². The Morgan fingerprint density at radius 2 is 2.10 bits per heavy atom. The van der Waals surface area contributed by atoms with Crippen molar-refractivity contribution >= 4 is 21.6 Å². The first-order valence-corrected chi connectivity index (χ1v) is 8.18. The zero-order valence-electron chi connectivity index (χ0n) is 11.8. The summed E-state index contributed by atoms with van der Waals surface area (Å²) < 4.78 is 23.1. The Kier molecular flexibility index (Phi) is 3.73. The SMILES string of the molecule is Cc1cc(C)c(C(=O)O)c(N(C)C2CCS(=O)(=O)C2)n1. The predicted molar refractivity (Wildman–Crippen MR) is 76.1 cm³/mol. The topological polar surface area (TPSA) is 87.6 Å². The van der Waals surface area contributed by atoms with E-state index in [9.17, 15) is 18.3 Å². The van der Waals surface area contributed by atoms with Crippen molar-refractivity contribution in [3.05, 3.63) is 22.9 Å². The van der Waals surface area contributed by atoms with E-state index in [-0.39, 0.29) is 23.1 Å². The number of carboxylic acid groups (broad SMARTS) is 1. The zero-order valence-corrected chi connectivity index (χ0v) is 12.6. The van der Waals surface area contributed by atoms with Gasteiger partial charge in [-0.1, -0.05) is 0 Å². The summed E-state index contributed by atoms with van der Waals surface area (Å²) in [5.41, 5.74) is 1.49. The molecule has 1 aromatic heterocycles. The van der Waals surface area contributed by atoms with Crippen LogP contribution in [-0.4, -0.2) is 49.1 Å². The summed E-state index contributed by atoms with van der Waals surface area (Å²) >= 11 is 0. The maximum absolute atomic E-state index is 11.6. The molecule has 2 heterocycles. The lowest BCUT2D eigenvalue weighted by Crippen LogP contribution is -2.34. The summed E-state index contributed by atoms with van der Waals surface area (Å²) in [5, 5.41) is 9.35. The molecule has 1 atom stereocenters. The Bertz CT molecular complexity index is 655. The number of aryl methyl sites for hydroxylation is 2.